The third kappa shape index (κ3) is 3.92. The van der Waals surface area contributed by atoms with Crippen molar-refractivity contribution in [3.05, 3.63) is 29.6 Å². The molecule has 8 heteroatoms. The topological polar surface area (TPSA) is 78.5 Å². The number of amides is 1. The Hall–Kier alpha value is -1.67. The summed E-state index contributed by atoms with van der Waals surface area (Å²) in [5.41, 5.74) is 0.0262. The van der Waals surface area contributed by atoms with E-state index < -0.39 is 15.8 Å². The van der Waals surface area contributed by atoms with Crippen LogP contribution in [0.3, 0.4) is 0 Å². The number of benzene rings is 1. The summed E-state index contributed by atoms with van der Waals surface area (Å²) in [6.07, 6.45) is 1.79. The van der Waals surface area contributed by atoms with Gasteiger partial charge in [-0.1, -0.05) is 0 Å². The average Bonchev–Trinajstić information content (AvgIpc) is 2.92. The van der Waals surface area contributed by atoms with Crippen LogP contribution in [0.2, 0.25) is 0 Å². The van der Waals surface area contributed by atoms with Crippen LogP contribution >= 0.6 is 0 Å². The molecule has 1 unspecified atom stereocenters. The summed E-state index contributed by atoms with van der Waals surface area (Å²) in [5, 5.41) is 3.17. The molecule has 2 N–H and O–H groups in total. The van der Waals surface area contributed by atoms with Crippen molar-refractivity contribution in [3.63, 3.8) is 0 Å². The highest BCUT2D eigenvalue weighted by Crippen LogP contribution is 2.19. The van der Waals surface area contributed by atoms with Gasteiger partial charge in [0.15, 0.2) is 0 Å². The van der Waals surface area contributed by atoms with Crippen LogP contribution in [-0.4, -0.2) is 51.7 Å². The van der Waals surface area contributed by atoms with E-state index in [4.69, 9.17) is 0 Å². The molecule has 116 valence electrons. The van der Waals surface area contributed by atoms with Crippen LogP contribution in [0.1, 0.15) is 16.8 Å². The lowest BCUT2D eigenvalue weighted by atomic mass is 10.1. The first-order valence-electron chi connectivity index (χ1n) is 6.53. The number of carbonyl (C=O) groups is 1. The van der Waals surface area contributed by atoms with Gasteiger partial charge in [-0.2, -0.15) is 0 Å². The lowest BCUT2D eigenvalue weighted by Crippen LogP contribution is -2.38. The first kappa shape index (κ1) is 15.7. The SMILES string of the molecule is CN(C(=O)c1ccc(F)c(NS(C)(=O)=O)c1)C1CCNC1. The largest absolute Gasteiger partial charge is 0.337 e. The summed E-state index contributed by atoms with van der Waals surface area (Å²) < 4.78 is 38.1. The third-order valence-corrected chi connectivity index (χ3v) is 4.00. The predicted molar refractivity (Wildman–Crippen MR) is 78.2 cm³/mol. The smallest absolute Gasteiger partial charge is 0.253 e. The number of halogens is 1. The van der Waals surface area contributed by atoms with Gasteiger partial charge in [0.05, 0.1) is 11.9 Å². The summed E-state index contributed by atoms with van der Waals surface area (Å²) in [4.78, 5) is 14.0. The molecule has 21 heavy (non-hydrogen) atoms. The van der Waals surface area contributed by atoms with Gasteiger partial charge in [0.2, 0.25) is 10.0 Å². The van der Waals surface area contributed by atoms with Crippen molar-refractivity contribution >= 4 is 21.6 Å². The summed E-state index contributed by atoms with van der Waals surface area (Å²) in [6.45, 7) is 1.57. The minimum Gasteiger partial charge on any atom is -0.337 e. The number of nitrogens with one attached hydrogen (secondary N) is 2. The summed E-state index contributed by atoms with van der Waals surface area (Å²) in [5.74, 6) is -0.984. The number of sulfonamides is 1. The standard InChI is InChI=1S/C13H18FN3O3S/c1-17(10-5-6-15-8-10)13(18)9-3-4-11(14)12(7-9)16-21(2,19)20/h3-4,7,10,15-16H,5-6,8H2,1-2H3. The number of nitrogens with zero attached hydrogens (tertiary/aromatic N) is 1. The molecule has 1 fully saturated rings. The zero-order valence-corrected chi connectivity index (χ0v) is 12.7. The van der Waals surface area contributed by atoms with E-state index in [1.54, 1.807) is 11.9 Å². The number of likely N-dealkylation sites (N-methyl/N-ethyl adjacent to an activating group) is 1. The number of rotatable bonds is 4. The third-order valence-electron chi connectivity index (χ3n) is 3.41. The molecule has 0 aliphatic carbocycles. The Labute approximate surface area is 123 Å². The van der Waals surface area contributed by atoms with Crippen molar-refractivity contribution in [2.45, 2.75) is 12.5 Å². The van der Waals surface area contributed by atoms with E-state index in [9.17, 15) is 17.6 Å². The number of anilines is 1. The molecule has 0 aromatic heterocycles. The number of carbonyl (C=O) groups excluding carboxylic acids is 1. The normalized spacial score (nSPS) is 18.5. The van der Waals surface area contributed by atoms with Crippen LogP contribution in [0.4, 0.5) is 10.1 Å². The van der Waals surface area contributed by atoms with E-state index in [1.807, 2.05) is 0 Å². The van der Waals surface area contributed by atoms with Gasteiger partial charge in [-0.25, -0.2) is 12.8 Å². The molecule has 1 amide bonds. The summed E-state index contributed by atoms with van der Waals surface area (Å²) in [7, 11) is -1.92. The number of hydrogen-bond donors (Lipinski definition) is 2. The van der Waals surface area contributed by atoms with Crippen molar-refractivity contribution in [1.29, 1.82) is 0 Å². The van der Waals surface area contributed by atoms with Gasteiger partial charge in [-0.15, -0.1) is 0 Å². The highest BCUT2D eigenvalue weighted by Gasteiger charge is 2.24. The Balaban J connectivity index is 2.23. The Morgan fingerprint density at radius 2 is 2.19 bits per heavy atom. The molecule has 2 rings (SSSR count). The molecular formula is C13H18FN3O3S. The van der Waals surface area contributed by atoms with Gasteiger partial charge in [0.1, 0.15) is 5.82 Å². The van der Waals surface area contributed by atoms with Crippen LogP contribution < -0.4 is 10.0 Å². The van der Waals surface area contributed by atoms with Gasteiger partial charge in [-0.3, -0.25) is 9.52 Å². The quantitative estimate of drug-likeness (QED) is 0.854. The monoisotopic (exact) mass is 315 g/mol. The minimum atomic E-state index is -3.60. The maximum atomic E-state index is 13.6. The Morgan fingerprint density at radius 3 is 2.76 bits per heavy atom. The van der Waals surface area contributed by atoms with Crippen LogP contribution in [0.15, 0.2) is 18.2 Å². The number of hydrogen-bond acceptors (Lipinski definition) is 4. The maximum absolute atomic E-state index is 13.6. The van der Waals surface area contributed by atoms with Crippen LogP contribution in [0, 0.1) is 5.82 Å². The van der Waals surface area contributed by atoms with Crippen LogP contribution in [0.25, 0.3) is 0 Å². The predicted octanol–water partition coefficient (Wildman–Crippen LogP) is 0.631. The van der Waals surface area contributed by atoms with Crippen molar-refractivity contribution in [1.82, 2.24) is 10.2 Å². The molecule has 0 bridgehead atoms. The highest BCUT2D eigenvalue weighted by molar-refractivity contribution is 7.92. The Bertz CT molecular complexity index is 642. The zero-order chi connectivity index (χ0) is 15.6. The van der Waals surface area contributed by atoms with E-state index in [0.29, 0.717) is 0 Å². The molecule has 6 nitrogen and oxygen atoms in total. The molecular weight excluding hydrogens is 297 g/mol. The Morgan fingerprint density at radius 1 is 1.48 bits per heavy atom. The molecule has 0 spiro atoms. The molecule has 1 aliphatic heterocycles. The lowest BCUT2D eigenvalue weighted by Gasteiger charge is -2.24. The molecule has 0 saturated carbocycles. The molecule has 0 radical (unpaired) electrons. The van der Waals surface area contributed by atoms with E-state index in [0.717, 1.165) is 31.8 Å². The van der Waals surface area contributed by atoms with Gasteiger partial charge < -0.3 is 10.2 Å². The fraction of sp³-hybridized carbons (Fsp3) is 0.462. The second-order valence-corrected chi connectivity index (χ2v) is 6.88. The van der Waals surface area contributed by atoms with E-state index in [2.05, 4.69) is 10.0 Å². The molecule has 1 aromatic carbocycles. The molecule has 1 atom stereocenters. The van der Waals surface area contributed by atoms with Crippen LogP contribution in [0.5, 0.6) is 0 Å². The van der Waals surface area contributed by atoms with Crippen molar-refractivity contribution in [3.8, 4) is 0 Å². The van der Waals surface area contributed by atoms with Gasteiger partial charge in [-0.05, 0) is 31.2 Å². The molecule has 1 aromatic rings. The van der Waals surface area contributed by atoms with Gasteiger partial charge in [0.25, 0.3) is 5.91 Å². The Kier molecular flexibility index (Phi) is 4.48. The maximum Gasteiger partial charge on any atom is 0.253 e. The highest BCUT2D eigenvalue weighted by atomic mass is 32.2. The molecule has 1 saturated heterocycles. The second kappa shape index (κ2) is 5.98. The summed E-state index contributed by atoms with van der Waals surface area (Å²) in [6, 6.07) is 3.75. The van der Waals surface area contributed by atoms with Crippen molar-refractivity contribution < 1.29 is 17.6 Å². The van der Waals surface area contributed by atoms with E-state index in [-0.39, 0.29) is 23.2 Å². The van der Waals surface area contributed by atoms with Crippen LogP contribution in [-0.2, 0) is 10.0 Å². The van der Waals surface area contributed by atoms with Gasteiger partial charge in [0, 0.05) is 25.2 Å². The zero-order valence-electron chi connectivity index (χ0n) is 11.9. The lowest BCUT2D eigenvalue weighted by molar-refractivity contribution is 0.0744. The van der Waals surface area contributed by atoms with E-state index >= 15 is 0 Å². The minimum absolute atomic E-state index is 0.0915. The van der Waals surface area contributed by atoms with E-state index in [1.165, 1.54) is 12.1 Å². The van der Waals surface area contributed by atoms with Gasteiger partial charge >= 0.3 is 0 Å². The first-order valence-corrected chi connectivity index (χ1v) is 8.42. The average molecular weight is 315 g/mol. The summed E-state index contributed by atoms with van der Waals surface area (Å²) >= 11 is 0. The molecule has 1 heterocycles. The van der Waals surface area contributed by atoms with Crippen molar-refractivity contribution in [2.24, 2.45) is 0 Å². The first-order chi connectivity index (χ1) is 9.78. The van der Waals surface area contributed by atoms with Crippen molar-refractivity contribution in [2.75, 3.05) is 31.1 Å². The fourth-order valence-electron chi connectivity index (χ4n) is 2.28. The second-order valence-electron chi connectivity index (χ2n) is 5.13. The fourth-order valence-corrected chi connectivity index (χ4v) is 2.83. The molecule has 1 aliphatic rings.